The van der Waals surface area contributed by atoms with Crippen LogP contribution in [0.2, 0.25) is 0 Å². The third-order valence-electron chi connectivity index (χ3n) is 3.29. The Labute approximate surface area is 133 Å². The van der Waals surface area contributed by atoms with Crippen molar-refractivity contribution in [3.63, 3.8) is 0 Å². The fourth-order valence-corrected chi connectivity index (χ4v) is 2.62. The molecule has 0 saturated carbocycles. The van der Waals surface area contributed by atoms with Crippen LogP contribution < -0.4 is 11.2 Å². The first kappa shape index (κ1) is 18.9. The van der Waals surface area contributed by atoms with Crippen molar-refractivity contribution < 1.29 is 37.8 Å². The van der Waals surface area contributed by atoms with Gasteiger partial charge in [-0.15, -0.1) is 0 Å². The van der Waals surface area contributed by atoms with Crippen molar-refractivity contribution in [2.75, 3.05) is 13.2 Å². The predicted octanol–water partition coefficient (Wildman–Crippen LogP) is -1.39. The first-order chi connectivity index (χ1) is 11.1. The van der Waals surface area contributed by atoms with Gasteiger partial charge < -0.3 is 24.4 Å². The van der Waals surface area contributed by atoms with Crippen LogP contribution in [0, 0.1) is 0 Å². The summed E-state index contributed by atoms with van der Waals surface area (Å²) >= 11 is 0. The minimum absolute atomic E-state index is 0.110. The maximum atomic E-state index is 14.4. The molecule has 0 amide bonds. The van der Waals surface area contributed by atoms with Crippen molar-refractivity contribution in [3.05, 3.63) is 33.1 Å². The summed E-state index contributed by atoms with van der Waals surface area (Å²) in [4.78, 5) is 42.3. The largest absolute Gasteiger partial charge is 0.469 e. The Hall–Kier alpha value is -1.40. The molecular weight excluding hydrogens is 354 g/mol. The number of aliphatic hydroxyl groups excluding tert-OH is 1. The van der Waals surface area contributed by atoms with E-state index in [9.17, 15) is 23.7 Å². The summed E-state index contributed by atoms with van der Waals surface area (Å²) in [5.74, 6) is -2.24. The summed E-state index contributed by atoms with van der Waals surface area (Å²) in [6, 6.07) is 0.941. The second kappa shape index (κ2) is 6.84. The minimum atomic E-state index is -4.95. The Kier molecular flexibility index (Phi) is 5.40. The van der Waals surface area contributed by atoms with Crippen LogP contribution in [0.3, 0.4) is 0 Å². The topological polar surface area (TPSA) is 160 Å². The van der Waals surface area contributed by atoms with Gasteiger partial charge in [-0.05, 0) is 6.92 Å². The van der Waals surface area contributed by atoms with E-state index < -0.39 is 50.0 Å². The summed E-state index contributed by atoms with van der Waals surface area (Å²) in [7, 11) is -4.95. The summed E-state index contributed by atoms with van der Waals surface area (Å²) < 4.78 is 40.6. The van der Waals surface area contributed by atoms with E-state index in [0.29, 0.717) is 4.57 Å². The zero-order valence-corrected chi connectivity index (χ0v) is 13.3. The van der Waals surface area contributed by atoms with Crippen molar-refractivity contribution in [2.24, 2.45) is 0 Å². The lowest BCUT2D eigenvalue weighted by molar-refractivity contribution is -0.277. The van der Waals surface area contributed by atoms with Gasteiger partial charge in [0.05, 0.1) is 0 Å². The van der Waals surface area contributed by atoms with Gasteiger partial charge in [0.15, 0.2) is 12.4 Å². The Morgan fingerprint density at radius 2 is 2.17 bits per heavy atom. The van der Waals surface area contributed by atoms with Crippen molar-refractivity contribution >= 4 is 7.82 Å². The second-order valence-corrected chi connectivity index (χ2v) is 6.16. The molecule has 4 atom stereocenters. The van der Waals surface area contributed by atoms with Crippen LogP contribution in [0.1, 0.15) is 13.2 Å². The van der Waals surface area contributed by atoms with Crippen LogP contribution in [0.15, 0.2) is 21.9 Å². The molecule has 1 aromatic rings. The summed E-state index contributed by atoms with van der Waals surface area (Å²) in [5, 5.41) is 10.1. The molecule has 0 aromatic carbocycles. The molecule has 1 saturated heterocycles. The average Bonchev–Trinajstić information content (AvgIpc) is 2.71. The maximum absolute atomic E-state index is 14.4. The Bertz CT molecular complexity index is 746. The number of phosphoric acid groups is 1. The Balaban J connectivity index is 2.36. The van der Waals surface area contributed by atoms with Crippen LogP contribution in [0.25, 0.3) is 0 Å². The zero-order valence-electron chi connectivity index (χ0n) is 12.4. The smallest absolute Gasteiger partial charge is 0.384 e. The van der Waals surface area contributed by atoms with Gasteiger partial charge in [0.2, 0.25) is 5.79 Å². The highest BCUT2D eigenvalue weighted by Gasteiger charge is 2.58. The number of nitrogens with zero attached hydrogens (tertiary/aromatic N) is 1. The predicted molar refractivity (Wildman–Crippen MR) is 74.7 cm³/mol. The molecule has 0 spiro atoms. The van der Waals surface area contributed by atoms with Gasteiger partial charge in [-0.3, -0.25) is 18.9 Å². The van der Waals surface area contributed by atoms with Gasteiger partial charge in [-0.1, -0.05) is 0 Å². The normalized spacial score (nSPS) is 30.6. The van der Waals surface area contributed by atoms with E-state index in [0.717, 1.165) is 12.3 Å². The summed E-state index contributed by atoms with van der Waals surface area (Å²) in [6.45, 7) is 0.380. The number of phosphoric ester groups is 1. The van der Waals surface area contributed by atoms with E-state index in [1.54, 1.807) is 0 Å². The molecule has 24 heavy (non-hydrogen) atoms. The number of hydrogen-bond donors (Lipinski definition) is 4. The molecule has 4 unspecified atom stereocenters. The Morgan fingerprint density at radius 1 is 1.50 bits per heavy atom. The lowest BCUT2D eigenvalue weighted by atomic mass is 10.1. The lowest BCUT2D eigenvalue weighted by Crippen LogP contribution is -2.48. The van der Waals surface area contributed by atoms with E-state index in [4.69, 9.17) is 19.3 Å². The molecule has 0 radical (unpaired) electrons. The first-order valence-corrected chi connectivity index (χ1v) is 8.28. The highest BCUT2D eigenvalue weighted by Crippen LogP contribution is 2.44. The molecule has 1 aromatic heterocycles. The number of halogens is 1. The number of aromatic nitrogens is 2. The van der Waals surface area contributed by atoms with Crippen molar-refractivity contribution in [2.45, 2.75) is 31.2 Å². The van der Waals surface area contributed by atoms with Gasteiger partial charge in [0.1, 0.15) is 12.7 Å². The third-order valence-corrected chi connectivity index (χ3v) is 3.76. The molecule has 1 aliphatic rings. The lowest BCUT2D eigenvalue weighted by Gasteiger charge is -2.30. The van der Waals surface area contributed by atoms with Gasteiger partial charge >= 0.3 is 13.5 Å². The van der Waals surface area contributed by atoms with E-state index >= 15 is 0 Å². The minimum Gasteiger partial charge on any atom is -0.384 e. The third kappa shape index (κ3) is 3.81. The number of hydrogen-bond acceptors (Lipinski definition) is 7. The van der Waals surface area contributed by atoms with Crippen molar-refractivity contribution in [3.8, 4) is 0 Å². The van der Waals surface area contributed by atoms with Crippen LogP contribution >= 0.6 is 7.82 Å². The van der Waals surface area contributed by atoms with E-state index in [1.165, 1.54) is 6.92 Å². The molecule has 2 heterocycles. The highest BCUT2D eigenvalue weighted by atomic mass is 31.2. The fraction of sp³-hybridized carbons (Fsp3) is 0.636. The van der Waals surface area contributed by atoms with Gasteiger partial charge in [0.25, 0.3) is 5.56 Å². The molecule has 0 aliphatic carbocycles. The molecule has 4 N–H and O–H groups in total. The number of H-pyrrole nitrogens is 1. The molecule has 11 nitrogen and oxygen atoms in total. The van der Waals surface area contributed by atoms with Gasteiger partial charge in [0, 0.05) is 18.9 Å². The average molecular weight is 370 g/mol. The molecule has 0 bridgehead atoms. The fourth-order valence-electron chi connectivity index (χ4n) is 2.27. The van der Waals surface area contributed by atoms with Crippen LogP contribution in [0.5, 0.6) is 0 Å². The van der Waals surface area contributed by atoms with Crippen LogP contribution in [-0.4, -0.2) is 55.7 Å². The first-order valence-electron chi connectivity index (χ1n) is 6.75. The number of aromatic amines is 1. The van der Waals surface area contributed by atoms with Gasteiger partial charge in [-0.25, -0.2) is 13.8 Å². The van der Waals surface area contributed by atoms with Gasteiger partial charge in [-0.2, -0.15) is 0 Å². The maximum Gasteiger partial charge on any atom is 0.469 e. The van der Waals surface area contributed by atoms with E-state index in [1.807, 2.05) is 4.98 Å². The standard InChI is InChI=1S/C11H16FN2O9P/c1-2-21-11(5-22-24(18,19)20)8(16)7(12)9(23-11)14-4-3-6(15)13-10(14)17/h3-4,7-9,16H,2,5H2,1H3,(H,13,15,17)(H2,18,19,20). The second-order valence-electron chi connectivity index (χ2n) is 4.92. The monoisotopic (exact) mass is 370 g/mol. The molecule has 2 rings (SSSR count). The molecule has 1 fully saturated rings. The van der Waals surface area contributed by atoms with E-state index in [-0.39, 0.29) is 6.61 Å². The number of nitrogens with one attached hydrogen (secondary N) is 1. The number of ether oxygens (including phenoxy) is 2. The molecule has 136 valence electrons. The van der Waals surface area contributed by atoms with Crippen molar-refractivity contribution in [1.82, 2.24) is 9.55 Å². The molecular formula is C11H16FN2O9P. The number of rotatable bonds is 6. The van der Waals surface area contributed by atoms with Crippen LogP contribution in [0.4, 0.5) is 4.39 Å². The van der Waals surface area contributed by atoms with Crippen molar-refractivity contribution in [1.29, 1.82) is 0 Å². The van der Waals surface area contributed by atoms with Crippen LogP contribution in [-0.2, 0) is 18.6 Å². The number of aliphatic hydroxyl groups is 1. The highest BCUT2D eigenvalue weighted by molar-refractivity contribution is 7.46. The number of alkyl halides is 1. The molecule has 13 heteroatoms. The summed E-state index contributed by atoms with van der Waals surface area (Å²) in [6.07, 6.45) is -4.94. The Morgan fingerprint density at radius 3 is 2.71 bits per heavy atom. The summed E-state index contributed by atoms with van der Waals surface area (Å²) in [5.41, 5.74) is -1.71. The quantitative estimate of drug-likeness (QED) is 0.442. The van der Waals surface area contributed by atoms with E-state index in [2.05, 4.69) is 4.52 Å². The molecule has 1 aliphatic heterocycles. The zero-order chi connectivity index (χ0) is 18.1. The SMILES string of the molecule is CCOC1(COP(=O)(O)O)OC(n2ccc(=O)[nH]c2=O)C(F)C1O.